The minimum Gasteiger partial charge on any atom is -0.301 e. The number of anilines is 1. The Labute approximate surface area is 81.3 Å². The highest BCUT2D eigenvalue weighted by molar-refractivity contribution is 5.90. The van der Waals surface area contributed by atoms with Gasteiger partial charge in [0.1, 0.15) is 6.67 Å². The van der Waals surface area contributed by atoms with Gasteiger partial charge in [0.2, 0.25) is 0 Å². The van der Waals surface area contributed by atoms with E-state index in [9.17, 15) is 0 Å². The van der Waals surface area contributed by atoms with Crippen LogP contribution in [0.5, 0.6) is 0 Å². The maximum absolute atomic E-state index is 4.17. The molecule has 14 heavy (non-hydrogen) atoms. The fourth-order valence-electron chi connectivity index (χ4n) is 1.62. The Morgan fingerprint density at radius 3 is 3.14 bits per heavy atom. The fraction of sp³-hybridized carbons (Fsp3) is 0.100. The zero-order chi connectivity index (χ0) is 9.38. The van der Waals surface area contributed by atoms with Crippen LogP contribution in [0.25, 0.3) is 0 Å². The number of benzene rings is 1. The number of azo groups is 1. The van der Waals surface area contributed by atoms with Crippen molar-refractivity contribution >= 4 is 11.9 Å². The summed E-state index contributed by atoms with van der Waals surface area (Å²) in [6.07, 6.45) is 3.58. The number of para-hydroxylation sites is 1. The summed E-state index contributed by atoms with van der Waals surface area (Å²) in [5, 5.41) is 7.99. The second-order valence-electron chi connectivity index (χ2n) is 3.14. The first-order valence-corrected chi connectivity index (χ1v) is 4.42. The minimum absolute atomic E-state index is 0.589. The molecule has 0 unspecified atom stereocenters. The first-order chi connectivity index (χ1) is 6.95. The molecule has 0 saturated carbocycles. The van der Waals surface area contributed by atoms with E-state index in [1.165, 1.54) is 0 Å². The molecule has 0 radical (unpaired) electrons. The van der Waals surface area contributed by atoms with Crippen LogP contribution in [0.4, 0.5) is 5.69 Å². The number of nitrogens with zero attached hydrogens (tertiary/aromatic N) is 4. The summed E-state index contributed by atoms with van der Waals surface area (Å²) >= 11 is 0. The summed E-state index contributed by atoms with van der Waals surface area (Å²) in [4.78, 5) is 6.22. The van der Waals surface area contributed by atoms with Crippen LogP contribution < -0.4 is 4.90 Å². The van der Waals surface area contributed by atoms with Crippen LogP contribution in [0.1, 0.15) is 5.56 Å². The molecule has 0 bridgehead atoms. The first kappa shape index (κ1) is 7.44. The van der Waals surface area contributed by atoms with Gasteiger partial charge in [0.05, 0.1) is 11.9 Å². The normalized spacial score (nSPS) is 17.4. The Bertz CT molecular complexity index is 459. The van der Waals surface area contributed by atoms with Gasteiger partial charge >= 0.3 is 0 Å². The van der Waals surface area contributed by atoms with E-state index in [2.05, 4.69) is 21.3 Å². The molecule has 0 fully saturated rings. The van der Waals surface area contributed by atoms with E-state index in [1.54, 1.807) is 6.20 Å². The molecule has 0 aliphatic carbocycles. The molecule has 4 heteroatoms. The SMILES string of the molecule is C1=NC=C2N=NCN2c2ccccc21. The summed E-state index contributed by atoms with van der Waals surface area (Å²) in [5.41, 5.74) is 2.22. The second-order valence-corrected chi connectivity index (χ2v) is 3.14. The van der Waals surface area contributed by atoms with Crippen molar-refractivity contribution in [2.45, 2.75) is 0 Å². The zero-order valence-electron chi connectivity index (χ0n) is 7.46. The summed E-state index contributed by atoms with van der Waals surface area (Å²) in [6, 6.07) is 8.10. The molecule has 0 aromatic heterocycles. The van der Waals surface area contributed by atoms with Crippen LogP contribution in [0.15, 0.2) is 51.5 Å². The van der Waals surface area contributed by atoms with Crippen molar-refractivity contribution in [1.29, 1.82) is 0 Å². The minimum atomic E-state index is 0.589. The molecule has 0 N–H and O–H groups in total. The van der Waals surface area contributed by atoms with Crippen LogP contribution in [0.3, 0.4) is 0 Å². The molecule has 1 aromatic rings. The molecule has 0 amide bonds. The highest BCUT2D eigenvalue weighted by Gasteiger charge is 2.19. The predicted octanol–water partition coefficient (Wildman–Crippen LogP) is 2.15. The van der Waals surface area contributed by atoms with E-state index in [0.717, 1.165) is 17.1 Å². The highest BCUT2D eigenvalue weighted by atomic mass is 15.4. The van der Waals surface area contributed by atoms with E-state index < -0.39 is 0 Å². The van der Waals surface area contributed by atoms with E-state index in [0.29, 0.717) is 6.67 Å². The standard InChI is InChI=1S/C10H8N4/c1-2-4-9-8(3-1)5-11-6-10-13-12-7-14(9)10/h1-6H,7H2. The quantitative estimate of drug-likeness (QED) is 0.609. The predicted molar refractivity (Wildman–Crippen MR) is 54.3 cm³/mol. The molecule has 3 rings (SSSR count). The van der Waals surface area contributed by atoms with Gasteiger partial charge in [-0.3, -0.25) is 4.99 Å². The van der Waals surface area contributed by atoms with Crippen LogP contribution in [0, 0.1) is 0 Å². The summed E-state index contributed by atoms with van der Waals surface area (Å²) < 4.78 is 0. The van der Waals surface area contributed by atoms with E-state index >= 15 is 0 Å². The van der Waals surface area contributed by atoms with Crippen LogP contribution in [-0.4, -0.2) is 12.9 Å². The number of rotatable bonds is 0. The van der Waals surface area contributed by atoms with Gasteiger partial charge in [0.15, 0.2) is 5.82 Å². The Morgan fingerprint density at radius 2 is 2.14 bits per heavy atom. The monoisotopic (exact) mass is 184 g/mol. The third-order valence-corrected chi connectivity index (χ3v) is 2.29. The number of fused-ring (bicyclic) bond motifs is 3. The van der Waals surface area contributed by atoms with Crippen molar-refractivity contribution in [3.05, 3.63) is 41.8 Å². The number of hydrogen-bond donors (Lipinski definition) is 0. The summed E-state index contributed by atoms with van der Waals surface area (Å²) in [6.45, 7) is 0.589. The summed E-state index contributed by atoms with van der Waals surface area (Å²) in [5.74, 6) is 0.811. The van der Waals surface area contributed by atoms with Crippen LogP contribution >= 0.6 is 0 Å². The zero-order valence-corrected chi connectivity index (χ0v) is 7.46. The van der Waals surface area contributed by atoms with Crippen LogP contribution in [-0.2, 0) is 0 Å². The number of aliphatic imine (C=N–C) groups is 1. The van der Waals surface area contributed by atoms with Crippen molar-refractivity contribution in [3.8, 4) is 0 Å². The third-order valence-electron chi connectivity index (χ3n) is 2.29. The molecular formula is C10H8N4. The van der Waals surface area contributed by atoms with Gasteiger partial charge in [-0.1, -0.05) is 18.2 Å². The van der Waals surface area contributed by atoms with Gasteiger partial charge in [-0.2, -0.15) is 5.11 Å². The molecule has 0 spiro atoms. The molecule has 2 aliphatic heterocycles. The van der Waals surface area contributed by atoms with Gasteiger partial charge in [0.25, 0.3) is 0 Å². The molecule has 0 saturated heterocycles. The lowest BCUT2D eigenvalue weighted by molar-refractivity contribution is 1.00. The van der Waals surface area contributed by atoms with Gasteiger partial charge < -0.3 is 4.90 Å². The van der Waals surface area contributed by atoms with Crippen LogP contribution in [0.2, 0.25) is 0 Å². The Morgan fingerprint density at radius 1 is 1.21 bits per heavy atom. The Balaban J connectivity index is 2.20. The van der Waals surface area contributed by atoms with E-state index in [-0.39, 0.29) is 0 Å². The van der Waals surface area contributed by atoms with Gasteiger partial charge in [-0.15, -0.1) is 5.11 Å². The topological polar surface area (TPSA) is 40.3 Å². The smallest absolute Gasteiger partial charge is 0.175 e. The Hall–Kier alpha value is -1.97. The molecule has 0 atom stereocenters. The van der Waals surface area contributed by atoms with Crippen molar-refractivity contribution in [2.75, 3.05) is 11.6 Å². The van der Waals surface area contributed by atoms with Gasteiger partial charge in [-0.05, 0) is 6.07 Å². The summed E-state index contributed by atoms with van der Waals surface area (Å²) in [7, 11) is 0. The Kier molecular flexibility index (Phi) is 1.47. The largest absolute Gasteiger partial charge is 0.301 e. The van der Waals surface area contributed by atoms with E-state index in [4.69, 9.17) is 0 Å². The molecule has 1 aromatic carbocycles. The van der Waals surface area contributed by atoms with Crippen molar-refractivity contribution in [1.82, 2.24) is 0 Å². The molecule has 68 valence electrons. The van der Waals surface area contributed by atoms with E-state index in [1.807, 2.05) is 29.3 Å². The first-order valence-electron chi connectivity index (χ1n) is 4.42. The van der Waals surface area contributed by atoms with Gasteiger partial charge in [0, 0.05) is 11.8 Å². The number of hydrogen-bond acceptors (Lipinski definition) is 4. The lowest BCUT2D eigenvalue weighted by Crippen LogP contribution is -2.17. The second kappa shape index (κ2) is 2.77. The maximum atomic E-state index is 4.17. The van der Waals surface area contributed by atoms with Crippen molar-refractivity contribution < 1.29 is 0 Å². The third kappa shape index (κ3) is 0.970. The average molecular weight is 184 g/mol. The maximum Gasteiger partial charge on any atom is 0.175 e. The highest BCUT2D eigenvalue weighted by Crippen LogP contribution is 2.28. The van der Waals surface area contributed by atoms with Gasteiger partial charge in [-0.25, -0.2) is 0 Å². The average Bonchev–Trinajstić information content (AvgIpc) is 2.61. The molecule has 2 heterocycles. The lowest BCUT2D eigenvalue weighted by Gasteiger charge is -2.16. The van der Waals surface area contributed by atoms with Crippen molar-refractivity contribution in [3.63, 3.8) is 0 Å². The molecule has 2 aliphatic rings. The molecule has 4 nitrogen and oxygen atoms in total. The fourth-order valence-corrected chi connectivity index (χ4v) is 1.62. The lowest BCUT2D eigenvalue weighted by atomic mass is 10.2. The van der Waals surface area contributed by atoms with Crippen molar-refractivity contribution in [2.24, 2.45) is 15.2 Å². The molecular weight excluding hydrogens is 176 g/mol.